The minimum absolute atomic E-state index is 0.0141. The maximum atomic E-state index is 13.0. The van der Waals surface area contributed by atoms with Crippen molar-refractivity contribution >= 4 is 17.6 Å². The third-order valence-corrected chi connectivity index (χ3v) is 7.41. The summed E-state index contributed by atoms with van der Waals surface area (Å²) in [5, 5.41) is 5.64. The number of carbonyl (C=O) groups is 3. The molecule has 0 aliphatic rings. The monoisotopic (exact) mass is 753 g/mol. The van der Waals surface area contributed by atoms with E-state index in [-0.39, 0.29) is 69.2 Å². The highest BCUT2D eigenvalue weighted by Gasteiger charge is 2.28. The van der Waals surface area contributed by atoms with E-state index in [0.29, 0.717) is 125 Å². The van der Waals surface area contributed by atoms with Crippen molar-refractivity contribution in [3.63, 3.8) is 0 Å². The van der Waals surface area contributed by atoms with Crippen LogP contribution in [0, 0.1) is 42.9 Å². The number of nitrogens with one attached hydrogen (secondary N) is 2. The van der Waals surface area contributed by atoms with E-state index in [0.717, 1.165) is 0 Å². The summed E-state index contributed by atoms with van der Waals surface area (Å²) >= 11 is 0. The number of nitrogens with two attached hydrogens (primary N) is 1. The molecule has 1 unspecified atom stereocenters. The average Bonchev–Trinajstić information content (AvgIpc) is 3.15. The van der Waals surface area contributed by atoms with Gasteiger partial charge in [-0.15, -0.1) is 19.3 Å². The number of Topliss-reactive ketones (excluding diaryl/α,β-unsaturated/α-hetero) is 1. The molecule has 0 heterocycles. The number of carbonyl (C=O) groups excluding carboxylic acids is 3. The molecule has 0 aliphatic carbocycles. The van der Waals surface area contributed by atoms with E-state index in [2.05, 4.69) is 28.4 Å². The van der Waals surface area contributed by atoms with E-state index in [9.17, 15) is 14.4 Å². The zero-order valence-corrected chi connectivity index (χ0v) is 31.7. The van der Waals surface area contributed by atoms with Gasteiger partial charge in [0, 0.05) is 43.8 Å². The molecule has 2 amide bonds. The van der Waals surface area contributed by atoms with Crippen LogP contribution in [0.5, 0.6) is 0 Å². The Kier molecular flexibility index (Phi) is 35.0. The van der Waals surface area contributed by atoms with Crippen molar-refractivity contribution in [3.8, 4) is 37.0 Å². The van der Waals surface area contributed by atoms with Crippen LogP contribution < -0.4 is 16.4 Å². The lowest BCUT2D eigenvalue weighted by atomic mass is 9.83. The Balaban J connectivity index is 4.61. The lowest BCUT2D eigenvalue weighted by molar-refractivity contribution is -0.124. The van der Waals surface area contributed by atoms with Gasteiger partial charge in [-0.2, -0.15) is 0 Å². The molecule has 15 nitrogen and oxygen atoms in total. The van der Waals surface area contributed by atoms with Crippen LogP contribution in [0.4, 0.5) is 0 Å². The number of terminal acetylenes is 3. The van der Waals surface area contributed by atoms with Crippen LogP contribution in [0.15, 0.2) is 0 Å². The van der Waals surface area contributed by atoms with Crippen molar-refractivity contribution in [1.82, 2.24) is 10.6 Å². The van der Waals surface area contributed by atoms with E-state index in [1.165, 1.54) is 0 Å². The van der Waals surface area contributed by atoms with Gasteiger partial charge in [0.1, 0.15) is 25.6 Å². The molecule has 0 radical (unpaired) electrons. The Morgan fingerprint density at radius 2 is 0.849 bits per heavy atom. The first-order valence-corrected chi connectivity index (χ1v) is 18.1. The van der Waals surface area contributed by atoms with Gasteiger partial charge in [-0.1, -0.05) is 24.7 Å². The molecule has 0 aromatic rings. The van der Waals surface area contributed by atoms with Gasteiger partial charge >= 0.3 is 0 Å². The molecule has 0 saturated heterocycles. The van der Waals surface area contributed by atoms with Gasteiger partial charge in [0.25, 0.3) is 0 Å². The molecule has 302 valence electrons. The number of ether oxygens (including phenoxy) is 9. The summed E-state index contributed by atoms with van der Waals surface area (Å²) in [6.45, 7) is 8.73. The largest absolute Gasteiger partial charge is 0.378 e. The molecular formula is C38H63N3O12. The Morgan fingerprint density at radius 3 is 1.23 bits per heavy atom. The van der Waals surface area contributed by atoms with E-state index >= 15 is 0 Å². The second-order valence-electron chi connectivity index (χ2n) is 11.8. The quantitative estimate of drug-likeness (QED) is 0.0584. The molecule has 0 spiro atoms. The second kappa shape index (κ2) is 37.2. The zero-order valence-electron chi connectivity index (χ0n) is 31.7. The van der Waals surface area contributed by atoms with Crippen LogP contribution in [-0.2, 0) is 57.0 Å². The Morgan fingerprint density at radius 1 is 0.528 bits per heavy atom. The predicted octanol–water partition coefficient (Wildman–Crippen LogP) is 0.511. The molecule has 0 fully saturated rings. The first-order valence-electron chi connectivity index (χ1n) is 18.1. The topological polar surface area (TPSA) is 184 Å². The van der Waals surface area contributed by atoms with Gasteiger partial charge in [-0.05, 0) is 19.3 Å². The molecule has 15 heteroatoms. The molecule has 0 aromatic heterocycles. The van der Waals surface area contributed by atoms with Gasteiger partial charge in [0.05, 0.1) is 99.1 Å². The third-order valence-electron chi connectivity index (χ3n) is 7.41. The molecule has 0 aliphatic heterocycles. The fraction of sp³-hybridized carbons (Fsp3) is 0.763. The molecule has 53 heavy (non-hydrogen) atoms. The SMILES string of the molecule is C#CCOCCOCCOCCNC(=O)CCC(N)(CCC(=O)NCCOCCOCCOCC#C)CCC(=O)C(C)COCCOCCOCC#C. The van der Waals surface area contributed by atoms with Gasteiger partial charge in [0.2, 0.25) is 11.8 Å². The lowest BCUT2D eigenvalue weighted by Crippen LogP contribution is -2.43. The maximum absolute atomic E-state index is 13.0. The number of amides is 2. The van der Waals surface area contributed by atoms with Crippen LogP contribution in [-0.4, -0.2) is 155 Å². The van der Waals surface area contributed by atoms with E-state index in [1.54, 1.807) is 6.92 Å². The molecule has 0 bridgehead atoms. The molecule has 4 N–H and O–H groups in total. The minimum Gasteiger partial charge on any atom is -0.378 e. The van der Waals surface area contributed by atoms with E-state index in [1.807, 2.05) is 0 Å². The van der Waals surface area contributed by atoms with Crippen LogP contribution in [0.3, 0.4) is 0 Å². The maximum Gasteiger partial charge on any atom is 0.220 e. The van der Waals surface area contributed by atoms with Gasteiger partial charge in [-0.3, -0.25) is 14.4 Å². The van der Waals surface area contributed by atoms with Crippen LogP contribution in [0.2, 0.25) is 0 Å². The first kappa shape index (κ1) is 49.9. The van der Waals surface area contributed by atoms with Crippen molar-refractivity contribution in [3.05, 3.63) is 0 Å². The second-order valence-corrected chi connectivity index (χ2v) is 11.8. The standard InChI is InChI=1S/C38H63N3O12/c1-5-16-45-21-26-50-29-24-48-19-14-40-36(43)9-12-38(39,11-8-35(42)34(4)33-53-32-31-52-28-23-47-18-7-3)13-10-37(44)41-15-20-49-25-30-51-27-22-46-17-6-2/h1-3,34H,8-33,39H2,4H3,(H,40,43)(H,41,44). The highest BCUT2D eigenvalue weighted by molar-refractivity contribution is 5.81. The molecule has 0 saturated carbocycles. The van der Waals surface area contributed by atoms with Crippen LogP contribution in [0.25, 0.3) is 0 Å². The molecule has 1 atom stereocenters. The zero-order chi connectivity index (χ0) is 39.1. The summed E-state index contributed by atoms with van der Waals surface area (Å²) < 4.78 is 48.1. The van der Waals surface area contributed by atoms with E-state index < -0.39 is 5.54 Å². The smallest absolute Gasteiger partial charge is 0.220 e. The van der Waals surface area contributed by atoms with Crippen LogP contribution >= 0.6 is 0 Å². The minimum atomic E-state index is -0.921. The highest BCUT2D eigenvalue weighted by Crippen LogP contribution is 2.24. The summed E-state index contributed by atoms with van der Waals surface area (Å²) in [6.07, 6.45) is 16.7. The molecular weight excluding hydrogens is 690 g/mol. The van der Waals surface area contributed by atoms with Crippen LogP contribution in [0.1, 0.15) is 45.4 Å². The number of rotatable bonds is 39. The lowest BCUT2D eigenvalue weighted by Gasteiger charge is -2.30. The number of hydrogen-bond donors (Lipinski definition) is 3. The summed E-state index contributed by atoms with van der Waals surface area (Å²) in [5.74, 6) is 6.37. The van der Waals surface area contributed by atoms with Gasteiger partial charge in [-0.25, -0.2) is 0 Å². The van der Waals surface area contributed by atoms with E-state index in [4.69, 9.17) is 67.6 Å². The first-order chi connectivity index (χ1) is 25.8. The van der Waals surface area contributed by atoms with Crippen molar-refractivity contribution in [2.75, 3.05) is 132 Å². The highest BCUT2D eigenvalue weighted by atomic mass is 16.6. The Hall–Kier alpha value is -3.11. The number of ketones is 1. The van der Waals surface area contributed by atoms with Crippen molar-refractivity contribution in [2.45, 2.75) is 51.0 Å². The van der Waals surface area contributed by atoms with Gasteiger partial charge < -0.3 is 59.0 Å². The third kappa shape index (κ3) is 34.4. The normalized spacial score (nSPS) is 11.7. The summed E-state index contributed by atoms with van der Waals surface area (Å²) in [7, 11) is 0. The molecule has 0 aromatic carbocycles. The Labute approximate surface area is 316 Å². The molecule has 0 rings (SSSR count). The fourth-order valence-electron chi connectivity index (χ4n) is 4.38. The summed E-state index contributed by atoms with van der Waals surface area (Å²) in [4.78, 5) is 38.2. The number of hydrogen-bond acceptors (Lipinski definition) is 13. The van der Waals surface area contributed by atoms with Crippen molar-refractivity contribution < 1.29 is 57.0 Å². The van der Waals surface area contributed by atoms with Gasteiger partial charge in [0.15, 0.2) is 0 Å². The Bertz CT molecular complexity index is 1000. The van der Waals surface area contributed by atoms with Crippen molar-refractivity contribution in [1.29, 1.82) is 0 Å². The summed E-state index contributed by atoms with van der Waals surface area (Å²) in [5.41, 5.74) is 5.85. The fourth-order valence-corrected chi connectivity index (χ4v) is 4.38. The predicted molar refractivity (Wildman–Crippen MR) is 199 cm³/mol. The average molecular weight is 754 g/mol. The van der Waals surface area contributed by atoms with Crippen molar-refractivity contribution in [2.24, 2.45) is 11.7 Å². The summed E-state index contributed by atoms with van der Waals surface area (Å²) in [6, 6.07) is 0.